The quantitative estimate of drug-likeness (QED) is 0.711. The van der Waals surface area contributed by atoms with Crippen molar-refractivity contribution in [3.8, 4) is 5.75 Å². The summed E-state index contributed by atoms with van der Waals surface area (Å²) in [7, 11) is 1.54. The Morgan fingerprint density at radius 1 is 0.958 bits per heavy atom. The Morgan fingerprint density at radius 3 is 2.25 bits per heavy atom. The van der Waals surface area contributed by atoms with E-state index in [1.54, 1.807) is 13.2 Å². The number of hydrogen-bond donors (Lipinski definition) is 2. The molecule has 0 aliphatic carbocycles. The molecule has 0 atom stereocenters. The van der Waals surface area contributed by atoms with Gasteiger partial charge < -0.3 is 10.1 Å². The first-order valence-electron chi connectivity index (χ1n) is 7.41. The molecule has 0 aliphatic rings. The van der Waals surface area contributed by atoms with E-state index in [4.69, 9.17) is 17.0 Å². The Bertz CT molecular complexity index is 894. The van der Waals surface area contributed by atoms with Crippen molar-refractivity contribution in [3.05, 3.63) is 72.3 Å². The predicted molar refractivity (Wildman–Crippen MR) is 101 cm³/mol. The molecule has 0 aliphatic heterocycles. The molecule has 0 heterocycles. The molecule has 2 N–H and O–H groups in total. The number of thiocarbonyl (C=S) groups is 1. The number of carbonyl (C=O) groups is 1. The van der Waals surface area contributed by atoms with Crippen LogP contribution >= 0.6 is 12.2 Å². The molecule has 0 unspecified atom stereocenters. The third-order valence-corrected chi connectivity index (χ3v) is 3.78. The zero-order valence-corrected chi connectivity index (χ0v) is 13.9. The summed E-state index contributed by atoms with van der Waals surface area (Å²) in [6.45, 7) is 0. The topological polar surface area (TPSA) is 50.4 Å². The number of ether oxygens (including phenoxy) is 1. The van der Waals surface area contributed by atoms with E-state index in [-0.39, 0.29) is 11.0 Å². The van der Waals surface area contributed by atoms with Gasteiger partial charge in [0.1, 0.15) is 5.75 Å². The first-order chi connectivity index (χ1) is 11.7. The fraction of sp³-hybridized carbons (Fsp3) is 0.0526. The summed E-state index contributed by atoms with van der Waals surface area (Å²) in [5.41, 5.74) is 1.25. The molecule has 24 heavy (non-hydrogen) atoms. The van der Waals surface area contributed by atoms with Gasteiger partial charge in [-0.25, -0.2) is 0 Å². The van der Waals surface area contributed by atoms with Crippen LogP contribution in [0.4, 0.5) is 5.69 Å². The maximum absolute atomic E-state index is 12.6. The standard InChI is InChI=1S/C19H16N2O2S/c1-23-17-12-14-8-6-5-7-13(14)11-16(17)18(22)21-19(24)20-15-9-3-2-4-10-15/h2-12H,1H3,(H2,20,21,22,24). The van der Waals surface area contributed by atoms with Crippen LogP contribution in [0.15, 0.2) is 66.7 Å². The summed E-state index contributed by atoms with van der Waals surface area (Å²) in [6, 6.07) is 20.9. The van der Waals surface area contributed by atoms with Crippen molar-refractivity contribution in [3.63, 3.8) is 0 Å². The van der Waals surface area contributed by atoms with Gasteiger partial charge in [-0.15, -0.1) is 0 Å². The van der Waals surface area contributed by atoms with E-state index in [0.717, 1.165) is 16.5 Å². The van der Waals surface area contributed by atoms with Gasteiger partial charge in [0.15, 0.2) is 5.11 Å². The molecule has 4 nitrogen and oxygen atoms in total. The Hall–Kier alpha value is -2.92. The number of para-hydroxylation sites is 1. The van der Waals surface area contributed by atoms with Gasteiger partial charge in [-0.3, -0.25) is 10.1 Å². The lowest BCUT2D eigenvalue weighted by Crippen LogP contribution is -2.34. The first-order valence-corrected chi connectivity index (χ1v) is 7.82. The van der Waals surface area contributed by atoms with E-state index in [9.17, 15) is 4.79 Å². The highest BCUT2D eigenvalue weighted by atomic mass is 32.1. The fourth-order valence-electron chi connectivity index (χ4n) is 2.42. The van der Waals surface area contributed by atoms with Gasteiger partial charge in [0.05, 0.1) is 12.7 Å². The lowest BCUT2D eigenvalue weighted by atomic mass is 10.1. The minimum atomic E-state index is -0.314. The Kier molecular flexibility index (Phi) is 4.72. The zero-order chi connectivity index (χ0) is 16.9. The molecule has 0 spiro atoms. The van der Waals surface area contributed by atoms with Crippen molar-refractivity contribution >= 4 is 39.7 Å². The molecule has 1 amide bonds. The first kappa shape index (κ1) is 16.0. The zero-order valence-electron chi connectivity index (χ0n) is 13.1. The third kappa shape index (κ3) is 3.52. The molecule has 3 aromatic rings. The largest absolute Gasteiger partial charge is 0.496 e. The van der Waals surface area contributed by atoms with Crippen LogP contribution in [0.25, 0.3) is 10.8 Å². The molecule has 0 saturated heterocycles. The summed E-state index contributed by atoms with van der Waals surface area (Å²) in [5, 5.41) is 7.87. The van der Waals surface area contributed by atoms with E-state index in [2.05, 4.69) is 10.6 Å². The number of carbonyl (C=O) groups excluding carboxylic acids is 1. The van der Waals surface area contributed by atoms with Gasteiger partial charge >= 0.3 is 0 Å². The SMILES string of the molecule is COc1cc2ccccc2cc1C(=O)NC(=S)Nc1ccccc1. The van der Waals surface area contributed by atoms with E-state index in [1.165, 1.54) is 0 Å². The summed E-state index contributed by atoms with van der Waals surface area (Å²) >= 11 is 5.20. The van der Waals surface area contributed by atoms with Crippen molar-refractivity contribution in [1.82, 2.24) is 5.32 Å². The normalized spacial score (nSPS) is 10.2. The second-order valence-electron chi connectivity index (χ2n) is 5.17. The predicted octanol–water partition coefficient (Wildman–Crippen LogP) is 3.98. The van der Waals surface area contributed by atoms with Crippen molar-refractivity contribution in [2.75, 3.05) is 12.4 Å². The molecule has 0 fully saturated rings. The molecule has 0 aromatic heterocycles. The summed E-state index contributed by atoms with van der Waals surface area (Å²) in [5.74, 6) is 0.194. The lowest BCUT2D eigenvalue weighted by molar-refractivity contribution is 0.0975. The molecule has 5 heteroatoms. The van der Waals surface area contributed by atoms with Crippen molar-refractivity contribution in [2.24, 2.45) is 0 Å². The average molecular weight is 336 g/mol. The highest BCUT2D eigenvalue weighted by molar-refractivity contribution is 7.80. The molecular formula is C19H16N2O2S. The van der Waals surface area contributed by atoms with Gasteiger partial charge in [-0.2, -0.15) is 0 Å². The van der Waals surface area contributed by atoms with E-state index in [1.807, 2.05) is 60.7 Å². The van der Waals surface area contributed by atoms with Crippen molar-refractivity contribution in [2.45, 2.75) is 0 Å². The monoisotopic (exact) mass is 336 g/mol. The number of fused-ring (bicyclic) bond motifs is 1. The van der Waals surface area contributed by atoms with Crippen LogP contribution in [-0.4, -0.2) is 18.1 Å². The van der Waals surface area contributed by atoms with Gasteiger partial charge in [-0.1, -0.05) is 42.5 Å². The minimum absolute atomic E-state index is 0.237. The van der Waals surface area contributed by atoms with Crippen LogP contribution in [0.3, 0.4) is 0 Å². The Morgan fingerprint density at radius 2 is 1.58 bits per heavy atom. The Balaban J connectivity index is 1.81. The summed E-state index contributed by atoms with van der Waals surface area (Å²) in [4.78, 5) is 12.6. The van der Waals surface area contributed by atoms with Crippen LogP contribution in [0.5, 0.6) is 5.75 Å². The number of methoxy groups -OCH3 is 1. The van der Waals surface area contributed by atoms with Gasteiger partial charge in [0, 0.05) is 5.69 Å². The lowest BCUT2D eigenvalue weighted by Gasteiger charge is -2.12. The number of benzene rings is 3. The van der Waals surface area contributed by atoms with Crippen LogP contribution in [-0.2, 0) is 0 Å². The Labute approximate surface area is 145 Å². The van der Waals surface area contributed by atoms with E-state index >= 15 is 0 Å². The molecule has 3 rings (SSSR count). The number of rotatable bonds is 3. The van der Waals surface area contributed by atoms with Crippen molar-refractivity contribution < 1.29 is 9.53 Å². The molecule has 0 radical (unpaired) electrons. The third-order valence-electron chi connectivity index (χ3n) is 3.57. The van der Waals surface area contributed by atoms with Crippen LogP contribution < -0.4 is 15.4 Å². The van der Waals surface area contributed by atoms with Crippen LogP contribution in [0, 0.1) is 0 Å². The number of hydrogen-bond acceptors (Lipinski definition) is 3. The minimum Gasteiger partial charge on any atom is -0.496 e. The highest BCUT2D eigenvalue weighted by Crippen LogP contribution is 2.25. The number of anilines is 1. The fourth-order valence-corrected chi connectivity index (χ4v) is 2.63. The maximum atomic E-state index is 12.6. The van der Waals surface area contributed by atoms with E-state index in [0.29, 0.717) is 11.3 Å². The molecule has 0 saturated carbocycles. The van der Waals surface area contributed by atoms with E-state index < -0.39 is 0 Å². The van der Waals surface area contributed by atoms with Crippen molar-refractivity contribution in [1.29, 1.82) is 0 Å². The van der Waals surface area contributed by atoms with Gasteiger partial charge in [0.25, 0.3) is 5.91 Å². The molecular weight excluding hydrogens is 320 g/mol. The van der Waals surface area contributed by atoms with Gasteiger partial charge in [0.2, 0.25) is 0 Å². The maximum Gasteiger partial charge on any atom is 0.261 e. The summed E-state index contributed by atoms with van der Waals surface area (Å²) in [6.07, 6.45) is 0. The summed E-state index contributed by atoms with van der Waals surface area (Å²) < 4.78 is 5.35. The molecule has 3 aromatic carbocycles. The average Bonchev–Trinajstić information content (AvgIpc) is 2.61. The van der Waals surface area contributed by atoms with Crippen LogP contribution in [0.2, 0.25) is 0 Å². The number of nitrogens with one attached hydrogen (secondary N) is 2. The second-order valence-corrected chi connectivity index (χ2v) is 5.58. The highest BCUT2D eigenvalue weighted by Gasteiger charge is 2.15. The molecule has 0 bridgehead atoms. The second kappa shape index (κ2) is 7.10. The molecule has 120 valence electrons. The van der Waals surface area contributed by atoms with Gasteiger partial charge in [-0.05, 0) is 47.3 Å². The smallest absolute Gasteiger partial charge is 0.261 e. The number of amides is 1. The van der Waals surface area contributed by atoms with Crippen LogP contribution in [0.1, 0.15) is 10.4 Å².